The van der Waals surface area contributed by atoms with Gasteiger partial charge >= 0.3 is 0 Å². The monoisotopic (exact) mass is 257 g/mol. The van der Waals surface area contributed by atoms with Crippen molar-refractivity contribution in [3.05, 3.63) is 45.3 Å². The van der Waals surface area contributed by atoms with E-state index in [0.29, 0.717) is 6.07 Å². The third kappa shape index (κ3) is 3.40. The van der Waals surface area contributed by atoms with Gasteiger partial charge in [-0.25, -0.2) is 8.78 Å². The molecule has 98 valence electrons. The van der Waals surface area contributed by atoms with Crippen LogP contribution in [0.25, 0.3) is 10.4 Å². The number of aryl methyl sites for hydroxylation is 1. The van der Waals surface area contributed by atoms with Gasteiger partial charge in [0, 0.05) is 23.1 Å². The summed E-state index contributed by atoms with van der Waals surface area (Å²) in [5.74, 6) is -1.64. The van der Waals surface area contributed by atoms with Crippen LogP contribution in [0.5, 0.6) is 0 Å². The van der Waals surface area contributed by atoms with E-state index in [-0.39, 0.29) is 24.1 Å². The van der Waals surface area contributed by atoms with Crippen LogP contribution in [0.2, 0.25) is 0 Å². The normalized spacial score (nSPS) is 13.8. The molecule has 0 aliphatic carbocycles. The lowest BCUT2D eigenvalue weighted by molar-refractivity contribution is 0.0129. The maximum Gasteiger partial charge on any atom is 0.132 e. The third-order valence-electron chi connectivity index (χ3n) is 2.55. The first-order chi connectivity index (χ1) is 8.47. The lowest BCUT2D eigenvalue weighted by atomic mass is 9.99. The van der Waals surface area contributed by atoms with Crippen LogP contribution in [-0.4, -0.2) is 22.9 Å². The SMILES string of the molecule is Cc1cc(C(O)C(O)CCN=[N+]=[N-])c(F)cc1F. The Morgan fingerprint density at radius 3 is 2.61 bits per heavy atom. The maximum absolute atomic E-state index is 13.4. The first-order valence-corrected chi connectivity index (χ1v) is 5.30. The van der Waals surface area contributed by atoms with E-state index in [0.717, 1.165) is 6.07 Å². The zero-order valence-corrected chi connectivity index (χ0v) is 9.72. The van der Waals surface area contributed by atoms with Gasteiger partial charge in [-0.05, 0) is 30.5 Å². The molecule has 1 aromatic carbocycles. The van der Waals surface area contributed by atoms with Gasteiger partial charge in [-0.3, -0.25) is 0 Å². The summed E-state index contributed by atoms with van der Waals surface area (Å²) in [4.78, 5) is 2.49. The Bertz CT molecular complexity index is 476. The van der Waals surface area contributed by atoms with Crippen LogP contribution in [0.3, 0.4) is 0 Å². The summed E-state index contributed by atoms with van der Waals surface area (Å²) in [7, 11) is 0. The Morgan fingerprint density at radius 1 is 1.33 bits per heavy atom. The second kappa shape index (κ2) is 6.30. The first-order valence-electron chi connectivity index (χ1n) is 5.30. The molecule has 0 saturated carbocycles. The smallest absolute Gasteiger partial charge is 0.132 e. The topological polar surface area (TPSA) is 89.2 Å². The predicted molar refractivity (Wildman–Crippen MR) is 60.7 cm³/mol. The van der Waals surface area contributed by atoms with Crippen molar-refractivity contribution in [2.24, 2.45) is 5.11 Å². The fraction of sp³-hybridized carbons (Fsp3) is 0.455. The van der Waals surface area contributed by atoms with Gasteiger partial charge in [-0.15, -0.1) is 0 Å². The molecule has 0 heterocycles. The van der Waals surface area contributed by atoms with E-state index in [4.69, 9.17) is 5.53 Å². The molecule has 1 rings (SSSR count). The van der Waals surface area contributed by atoms with Crippen LogP contribution in [0.1, 0.15) is 23.7 Å². The minimum atomic E-state index is -1.49. The number of halogens is 2. The summed E-state index contributed by atoms with van der Waals surface area (Å²) in [6, 6.07) is 1.81. The third-order valence-corrected chi connectivity index (χ3v) is 2.55. The first kappa shape index (κ1) is 14.4. The van der Waals surface area contributed by atoms with Crippen LogP contribution >= 0.6 is 0 Å². The standard InChI is InChI=1S/C11H13F2N3O2/c1-6-4-7(9(13)5-8(6)12)11(18)10(17)2-3-15-16-14/h4-5,10-11,17-18H,2-3H2,1H3. The van der Waals surface area contributed by atoms with Gasteiger partial charge in [0.2, 0.25) is 0 Å². The van der Waals surface area contributed by atoms with E-state index in [2.05, 4.69) is 10.0 Å². The molecule has 0 saturated heterocycles. The van der Waals surface area contributed by atoms with Crippen molar-refractivity contribution in [3.8, 4) is 0 Å². The molecule has 0 spiro atoms. The molecule has 1 aromatic rings. The average molecular weight is 257 g/mol. The highest BCUT2D eigenvalue weighted by atomic mass is 19.1. The van der Waals surface area contributed by atoms with E-state index in [1.165, 1.54) is 6.92 Å². The number of nitrogens with zero attached hydrogens (tertiary/aromatic N) is 3. The summed E-state index contributed by atoms with van der Waals surface area (Å²) in [6.45, 7) is 1.41. The van der Waals surface area contributed by atoms with Crippen molar-refractivity contribution in [2.45, 2.75) is 25.6 Å². The minimum absolute atomic E-state index is 0.0128. The molecule has 2 N–H and O–H groups in total. The highest BCUT2D eigenvalue weighted by Crippen LogP contribution is 2.24. The van der Waals surface area contributed by atoms with Crippen LogP contribution < -0.4 is 0 Å². The molecule has 2 unspecified atom stereocenters. The van der Waals surface area contributed by atoms with Crippen molar-refractivity contribution in [3.63, 3.8) is 0 Å². The van der Waals surface area contributed by atoms with Gasteiger partial charge in [0.15, 0.2) is 0 Å². The zero-order valence-electron chi connectivity index (χ0n) is 9.72. The van der Waals surface area contributed by atoms with Crippen molar-refractivity contribution < 1.29 is 19.0 Å². The van der Waals surface area contributed by atoms with E-state index in [9.17, 15) is 19.0 Å². The Labute approximate surface area is 102 Å². The molecule has 0 amide bonds. The van der Waals surface area contributed by atoms with Crippen LogP contribution in [-0.2, 0) is 0 Å². The molecule has 7 heteroatoms. The molecule has 5 nitrogen and oxygen atoms in total. The predicted octanol–water partition coefficient (Wildman–Crippen LogP) is 2.37. The summed E-state index contributed by atoms with van der Waals surface area (Å²) in [5, 5.41) is 22.5. The van der Waals surface area contributed by atoms with E-state index >= 15 is 0 Å². The minimum Gasteiger partial charge on any atom is -0.390 e. The number of aliphatic hydroxyl groups excluding tert-OH is 2. The molecule has 18 heavy (non-hydrogen) atoms. The molecular formula is C11H13F2N3O2. The van der Waals surface area contributed by atoms with Crippen molar-refractivity contribution in [2.75, 3.05) is 6.54 Å². The molecule has 0 aliphatic heterocycles. The molecular weight excluding hydrogens is 244 g/mol. The Balaban J connectivity index is 2.85. The number of aliphatic hydroxyl groups is 2. The van der Waals surface area contributed by atoms with Crippen molar-refractivity contribution >= 4 is 0 Å². The van der Waals surface area contributed by atoms with Crippen molar-refractivity contribution in [1.82, 2.24) is 0 Å². The Morgan fingerprint density at radius 2 is 2.00 bits per heavy atom. The van der Waals surface area contributed by atoms with Gasteiger partial charge in [0.05, 0.1) is 6.10 Å². The van der Waals surface area contributed by atoms with Crippen LogP contribution in [0.4, 0.5) is 8.78 Å². The van der Waals surface area contributed by atoms with E-state index in [1.54, 1.807) is 0 Å². The number of benzene rings is 1. The van der Waals surface area contributed by atoms with Gasteiger partial charge < -0.3 is 10.2 Å². The van der Waals surface area contributed by atoms with E-state index < -0.39 is 23.8 Å². The summed E-state index contributed by atoms with van der Waals surface area (Å²) >= 11 is 0. The summed E-state index contributed by atoms with van der Waals surface area (Å²) in [5.41, 5.74) is 8.05. The maximum atomic E-state index is 13.4. The molecule has 0 fully saturated rings. The Hall–Kier alpha value is -1.69. The Kier molecular flexibility index (Phi) is 5.03. The summed E-state index contributed by atoms with van der Waals surface area (Å²) < 4.78 is 26.5. The summed E-state index contributed by atoms with van der Waals surface area (Å²) in [6.07, 6.45) is -2.78. The van der Waals surface area contributed by atoms with Crippen LogP contribution in [0.15, 0.2) is 17.2 Å². The van der Waals surface area contributed by atoms with Gasteiger partial charge in [-0.1, -0.05) is 5.11 Å². The zero-order chi connectivity index (χ0) is 13.7. The van der Waals surface area contributed by atoms with Crippen molar-refractivity contribution in [1.29, 1.82) is 0 Å². The van der Waals surface area contributed by atoms with Crippen LogP contribution in [0, 0.1) is 18.6 Å². The second-order valence-corrected chi connectivity index (χ2v) is 3.88. The molecule has 0 aromatic heterocycles. The number of rotatable bonds is 5. The van der Waals surface area contributed by atoms with Gasteiger partial charge in [0.1, 0.15) is 17.7 Å². The van der Waals surface area contributed by atoms with Gasteiger partial charge in [0.25, 0.3) is 0 Å². The fourth-order valence-electron chi connectivity index (χ4n) is 1.51. The molecule has 2 atom stereocenters. The fourth-order valence-corrected chi connectivity index (χ4v) is 1.51. The molecule has 0 radical (unpaired) electrons. The quantitative estimate of drug-likeness (QED) is 0.481. The largest absolute Gasteiger partial charge is 0.390 e. The number of hydrogen-bond acceptors (Lipinski definition) is 3. The van der Waals surface area contributed by atoms with E-state index in [1.807, 2.05) is 0 Å². The lowest BCUT2D eigenvalue weighted by Gasteiger charge is -2.18. The number of hydrogen-bond donors (Lipinski definition) is 2. The lowest BCUT2D eigenvalue weighted by Crippen LogP contribution is -2.20. The highest BCUT2D eigenvalue weighted by Gasteiger charge is 2.22. The van der Waals surface area contributed by atoms with Gasteiger partial charge in [-0.2, -0.15) is 0 Å². The molecule has 0 bridgehead atoms. The number of azide groups is 1. The highest BCUT2D eigenvalue weighted by molar-refractivity contribution is 5.27. The molecule has 0 aliphatic rings. The second-order valence-electron chi connectivity index (χ2n) is 3.88. The average Bonchev–Trinajstić information content (AvgIpc) is 2.33.